The quantitative estimate of drug-likeness (QED) is 0.326. The Morgan fingerprint density at radius 2 is 1.82 bits per heavy atom. The van der Waals surface area contributed by atoms with Gasteiger partial charge in [0, 0.05) is 26.6 Å². The van der Waals surface area contributed by atoms with Crippen molar-refractivity contribution in [2.24, 2.45) is 0 Å². The van der Waals surface area contributed by atoms with Gasteiger partial charge in [-0.05, 0) is 46.5 Å². The number of ether oxygens (including phenoxy) is 3. The summed E-state index contributed by atoms with van der Waals surface area (Å²) in [7, 11) is 0. The van der Waals surface area contributed by atoms with Crippen molar-refractivity contribution in [1.29, 1.82) is 0 Å². The van der Waals surface area contributed by atoms with E-state index in [1.807, 2.05) is 0 Å². The lowest BCUT2D eigenvalue weighted by atomic mass is 10.00. The molecular weight excluding hydrogens is 520 g/mol. The third-order valence-corrected chi connectivity index (χ3v) is 6.58. The van der Waals surface area contributed by atoms with Crippen molar-refractivity contribution in [1.82, 2.24) is 20.9 Å². The van der Waals surface area contributed by atoms with Crippen LogP contribution in [-0.2, 0) is 33.4 Å². The van der Waals surface area contributed by atoms with Gasteiger partial charge in [0.1, 0.15) is 17.7 Å². The van der Waals surface area contributed by atoms with Crippen LogP contribution < -0.4 is 16.0 Å². The second-order valence-corrected chi connectivity index (χ2v) is 11.2. The van der Waals surface area contributed by atoms with Gasteiger partial charge in [-0.2, -0.15) is 0 Å². The fourth-order valence-electron chi connectivity index (χ4n) is 4.78. The zero-order valence-corrected chi connectivity index (χ0v) is 24.3. The summed E-state index contributed by atoms with van der Waals surface area (Å²) in [5.41, 5.74) is -0.756. The Balaban J connectivity index is 2.30. The van der Waals surface area contributed by atoms with Crippen molar-refractivity contribution in [3.05, 3.63) is 12.7 Å². The summed E-state index contributed by atoms with van der Waals surface area (Å²) >= 11 is 0. The minimum Gasteiger partial charge on any atom is -0.450 e. The number of carbonyl (C=O) groups excluding carboxylic acids is 5. The topological polar surface area (TPSA) is 152 Å². The molecular formula is C28H46N4O8. The number of nitrogens with one attached hydrogen (secondary N) is 3. The summed E-state index contributed by atoms with van der Waals surface area (Å²) in [6.45, 7) is 10.8. The van der Waals surface area contributed by atoms with Crippen LogP contribution in [0, 0.1) is 0 Å². The van der Waals surface area contributed by atoms with Gasteiger partial charge in [-0.3, -0.25) is 19.2 Å². The molecule has 4 amide bonds. The Bertz CT molecular complexity index is 903. The van der Waals surface area contributed by atoms with E-state index in [1.165, 1.54) is 17.9 Å². The first-order valence-corrected chi connectivity index (χ1v) is 14.2. The molecule has 0 spiro atoms. The number of amides is 4. The van der Waals surface area contributed by atoms with Gasteiger partial charge < -0.3 is 35.1 Å². The summed E-state index contributed by atoms with van der Waals surface area (Å²) < 4.78 is 16.5. The van der Waals surface area contributed by atoms with E-state index in [9.17, 15) is 24.0 Å². The van der Waals surface area contributed by atoms with E-state index >= 15 is 0 Å². The third-order valence-electron chi connectivity index (χ3n) is 6.58. The van der Waals surface area contributed by atoms with Crippen LogP contribution in [-0.4, -0.2) is 90.8 Å². The molecule has 0 bridgehead atoms. The molecule has 0 aromatic carbocycles. The number of esters is 1. The minimum atomic E-state index is -1.24. The van der Waals surface area contributed by atoms with E-state index in [0.717, 1.165) is 25.7 Å². The van der Waals surface area contributed by atoms with Crippen LogP contribution in [0.15, 0.2) is 12.7 Å². The number of hydrogen-bond donors (Lipinski definition) is 3. The molecule has 2 aliphatic rings. The zero-order chi connectivity index (χ0) is 29.7. The fraction of sp³-hybridized carbons (Fsp3) is 0.750. The number of rotatable bonds is 6. The lowest BCUT2D eigenvalue weighted by Gasteiger charge is -2.32. The lowest BCUT2D eigenvalue weighted by Crippen LogP contribution is -2.58. The number of hydrogen-bond acceptors (Lipinski definition) is 8. The molecule has 0 aliphatic carbocycles. The molecule has 226 valence electrons. The first kappa shape index (κ1) is 33.1. The normalized spacial score (nSPS) is 24.2. The summed E-state index contributed by atoms with van der Waals surface area (Å²) in [6, 6.07) is -2.64. The van der Waals surface area contributed by atoms with E-state index in [-0.39, 0.29) is 13.2 Å². The zero-order valence-electron chi connectivity index (χ0n) is 24.3. The van der Waals surface area contributed by atoms with E-state index in [0.29, 0.717) is 38.8 Å². The molecule has 2 fully saturated rings. The molecule has 40 heavy (non-hydrogen) atoms. The summed E-state index contributed by atoms with van der Waals surface area (Å²) in [4.78, 5) is 65.9. The Morgan fingerprint density at radius 3 is 2.50 bits per heavy atom. The predicted molar refractivity (Wildman–Crippen MR) is 147 cm³/mol. The van der Waals surface area contributed by atoms with E-state index in [1.54, 1.807) is 20.8 Å². The number of nitrogens with zero attached hydrogens (tertiary/aromatic N) is 1. The van der Waals surface area contributed by atoms with Crippen LogP contribution in [0.1, 0.15) is 79.1 Å². The molecule has 2 rings (SSSR count). The number of fused-ring (bicyclic) bond motifs is 1. The molecule has 2 saturated heterocycles. The standard InChI is InChI=1S/C28H46N4O8/c1-6-15-29-25(35)23(39-19(2)33)20-13-10-8-7-9-11-17-38-18-21(31-27(37)40-28(3,4)5)26(36)32-16-12-14-22(32)24(34)30-20/h6,20-23H,1,7-18H2,2-5H3,(H,29,35)(H,30,34)(H,31,37)/t20-,21-,22-,23?/m0/s1. The highest BCUT2D eigenvalue weighted by Gasteiger charge is 2.40. The Hall–Kier alpha value is -3.15. The minimum absolute atomic E-state index is 0.0520. The maximum Gasteiger partial charge on any atom is 0.408 e. The summed E-state index contributed by atoms with van der Waals surface area (Å²) in [6.07, 6.45) is 5.04. The molecule has 2 heterocycles. The first-order valence-electron chi connectivity index (χ1n) is 14.2. The predicted octanol–water partition coefficient (Wildman–Crippen LogP) is 1.96. The third kappa shape index (κ3) is 11.1. The molecule has 2 aliphatic heterocycles. The molecule has 0 radical (unpaired) electrons. The molecule has 1 unspecified atom stereocenters. The van der Waals surface area contributed by atoms with Gasteiger partial charge in [-0.15, -0.1) is 6.58 Å². The van der Waals surface area contributed by atoms with Gasteiger partial charge in [0.05, 0.1) is 12.6 Å². The molecule has 3 N–H and O–H groups in total. The van der Waals surface area contributed by atoms with E-state index in [2.05, 4.69) is 22.5 Å². The van der Waals surface area contributed by atoms with Crippen molar-refractivity contribution >= 4 is 29.8 Å². The van der Waals surface area contributed by atoms with Crippen LogP contribution in [0.2, 0.25) is 0 Å². The van der Waals surface area contributed by atoms with Gasteiger partial charge in [0.2, 0.25) is 11.8 Å². The van der Waals surface area contributed by atoms with Crippen LogP contribution >= 0.6 is 0 Å². The smallest absolute Gasteiger partial charge is 0.408 e. The highest BCUT2D eigenvalue weighted by Crippen LogP contribution is 2.21. The molecule has 12 heteroatoms. The van der Waals surface area contributed by atoms with E-state index < -0.39 is 59.6 Å². The van der Waals surface area contributed by atoms with Crippen molar-refractivity contribution < 1.29 is 38.2 Å². The monoisotopic (exact) mass is 566 g/mol. The highest BCUT2D eigenvalue weighted by atomic mass is 16.6. The van der Waals surface area contributed by atoms with Gasteiger partial charge in [-0.1, -0.05) is 31.8 Å². The van der Waals surface area contributed by atoms with Gasteiger partial charge in [-0.25, -0.2) is 4.79 Å². The van der Waals surface area contributed by atoms with Crippen molar-refractivity contribution in [2.75, 3.05) is 26.3 Å². The summed E-state index contributed by atoms with van der Waals surface area (Å²) in [5, 5.41) is 8.16. The Labute approximate surface area is 236 Å². The molecule has 0 aromatic heterocycles. The maximum atomic E-state index is 13.6. The van der Waals surface area contributed by atoms with Crippen molar-refractivity contribution in [3.63, 3.8) is 0 Å². The second kappa shape index (κ2) is 16.2. The van der Waals surface area contributed by atoms with Crippen LogP contribution in [0.3, 0.4) is 0 Å². The molecule has 4 atom stereocenters. The largest absolute Gasteiger partial charge is 0.450 e. The highest BCUT2D eigenvalue weighted by molar-refractivity contribution is 5.92. The number of carbonyl (C=O) groups is 5. The first-order chi connectivity index (χ1) is 18.9. The molecule has 12 nitrogen and oxygen atoms in total. The second-order valence-electron chi connectivity index (χ2n) is 11.2. The maximum absolute atomic E-state index is 13.6. The van der Waals surface area contributed by atoms with Crippen LogP contribution in [0.5, 0.6) is 0 Å². The lowest BCUT2D eigenvalue weighted by molar-refractivity contribution is -0.156. The molecule has 0 aromatic rings. The van der Waals surface area contributed by atoms with Gasteiger partial charge in [0.25, 0.3) is 5.91 Å². The summed E-state index contributed by atoms with van der Waals surface area (Å²) in [5.74, 6) is -2.08. The van der Waals surface area contributed by atoms with Gasteiger partial charge >= 0.3 is 12.1 Å². The average molecular weight is 567 g/mol. The Kier molecular flexibility index (Phi) is 13.4. The van der Waals surface area contributed by atoms with Gasteiger partial charge in [0.15, 0.2) is 6.10 Å². The van der Waals surface area contributed by atoms with Crippen LogP contribution in [0.4, 0.5) is 4.79 Å². The number of alkyl carbamates (subject to hydrolysis) is 1. The van der Waals surface area contributed by atoms with E-state index in [4.69, 9.17) is 14.2 Å². The average Bonchev–Trinajstić information content (AvgIpc) is 3.36. The Morgan fingerprint density at radius 1 is 1.12 bits per heavy atom. The fourth-order valence-corrected chi connectivity index (χ4v) is 4.78. The SMILES string of the molecule is C=CCNC(=O)C(OC(C)=O)[C@@H]1CCCCCCCOC[C@H](NC(=O)OC(C)(C)C)C(=O)N2CCC[C@H]2C(=O)N1. The molecule has 0 saturated carbocycles. The van der Waals surface area contributed by atoms with Crippen molar-refractivity contribution in [2.45, 2.75) is 109 Å². The van der Waals surface area contributed by atoms with Crippen LogP contribution in [0.25, 0.3) is 0 Å². The van der Waals surface area contributed by atoms with Crippen molar-refractivity contribution in [3.8, 4) is 0 Å².